The lowest BCUT2D eigenvalue weighted by atomic mass is 9.99. The Hall–Kier alpha value is -1.87. The zero-order valence-corrected chi connectivity index (χ0v) is 12.8. The number of carbonyl (C=O) groups is 1. The minimum absolute atomic E-state index is 0.0137. The molecule has 0 spiro atoms. The molecule has 0 saturated carbocycles. The van der Waals surface area contributed by atoms with E-state index in [-0.39, 0.29) is 11.8 Å². The summed E-state index contributed by atoms with van der Waals surface area (Å²) < 4.78 is 0. The minimum atomic E-state index is 0.0137. The van der Waals surface area contributed by atoms with Gasteiger partial charge in [0.05, 0.1) is 5.92 Å². The fraction of sp³-hybridized carbons (Fsp3) is 0.278. The number of aryl methyl sites for hydroxylation is 1. The number of hydrogen-bond donors (Lipinski definition) is 0. The summed E-state index contributed by atoms with van der Waals surface area (Å²) in [7, 11) is 0. The molecule has 1 heterocycles. The molecule has 1 aromatic heterocycles. The number of thiophene rings is 1. The third-order valence-corrected chi connectivity index (χ3v) is 4.78. The van der Waals surface area contributed by atoms with Crippen molar-refractivity contribution in [2.75, 3.05) is 6.54 Å². The molecule has 0 saturated heterocycles. The summed E-state index contributed by atoms with van der Waals surface area (Å²) in [5.41, 5.74) is 3.73. The van der Waals surface area contributed by atoms with Crippen LogP contribution in [0.4, 0.5) is 0 Å². The van der Waals surface area contributed by atoms with E-state index in [9.17, 15) is 4.79 Å². The van der Waals surface area contributed by atoms with Gasteiger partial charge >= 0.3 is 0 Å². The van der Waals surface area contributed by atoms with Gasteiger partial charge in [-0.25, -0.2) is 0 Å². The van der Waals surface area contributed by atoms with Crippen LogP contribution in [0.3, 0.4) is 0 Å². The van der Waals surface area contributed by atoms with Gasteiger partial charge in [0.1, 0.15) is 0 Å². The Balaban J connectivity index is 1.80. The average Bonchev–Trinajstić information content (AvgIpc) is 3.15. The molecular formula is C18H19NOS. The maximum Gasteiger partial charge on any atom is 0.230 e. The van der Waals surface area contributed by atoms with E-state index in [0.29, 0.717) is 13.1 Å². The van der Waals surface area contributed by atoms with E-state index in [1.807, 2.05) is 17.0 Å². The van der Waals surface area contributed by atoms with Crippen LogP contribution in [-0.2, 0) is 17.8 Å². The van der Waals surface area contributed by atoms with Gasteiger partial charge in [-0.2, -0.15) is 11.3 Å². The lowest BCUT2D eigenvalue weighted by Crippen LogP contribution is -2.34. The van der Waals surface area contributed by atoms with Crippen LogP contribution in [0, 0.1) is 0 Å². The van der Waals surface area contributed by atoms with Crippen molar-refractivity contribution in [3.63, 3.8) is 0 Å². The van der Waals surface area contributed by atoms with E-state index >= 15 is 0 Å². The predicted molar refractivity (Wildman–Crippen MR) is 87.4 cm³/mol. The second-order valence-electron chi connectivity index (χ2n) is 5.43. The Morgan fingerprint density at radius 3 is 3.00 bits per heavy atom. The molecular weight excluding hydrogens is 278 g/mol. The standard InChI is InChI=1S/C18H19NOS/c1-2-10-19(12-14-9-11-21-13-14)18(20)17-8-7-15-5-3-4-6-16(15)17/h2-6,9,11,13,17H,1,7-8,10,12H2. The number of nitrogens with zero attached hydrogens (tertiary/aromatic N) is 1. The van der Waals surface area contributed by atoms with Gasteiger partial charge in [-0.3, -0.25) is 4.79 Å². The Bertz CT molecular complexity index is 632. The van der Waals surface area contributed by atoms with E-state index in [4.69, 9.17) is 0 Å². The first-order valence-electron chi connectivity index (χ1n) is 7.28. The van der Waals surface area contributed by atoms with Crippen LogP contribution in [-0.4, -0.2) is 17.4 Å². The van der Waals surface area contributed by atoms with Crippen LogP contribution in [0.25, 0.3) is 0 Å². The maximum absolute atomic E-state index is 12.9. The van der Waals surface area contributed by atoms with Crippen molar-refractivity contribution in [1.29, 1.82) is 0 Å². The van der Waals surface area contributed by atoms with Gasteiger partial charge in [-0.1, -0.05) is 30.3 Å². The van der Waals surface area contributed by atoms with Crippen molar-refractivity contribution in [2.24, 2.45) is 0 Å². The fourth-order valence-corrected chi connectivity index (χ4v) is 3.69. The quantitative estimate of drug-likeness (QED) is 0.764. The van der Waals surface area contributed by atoms with Gasteiger partial charge in [0.2, 0.25) is 5.91 Å². The molecule has 0 bridgehead atoms. The normalized spacial score (nSPS) is 16.5. The van der Waals surface area contributed by atoms with Crippen molar-refractivity contribution in [3.05, 3.63) is 70.4 Å². The van der Waals surface area contributed by atoms with Gasteiger partial charge in [0.15, 0.2) is 0 Å². The molecule has 2 aromatic rings. The zero-order chi connectivity index (χ0) is 14.7. The molecule has 1 atom stereocenters. The molecule has 0 N–H and O–H groups in total. The van der Waals surface area contributed by atoms with Crippen LogP contribution in [0.1, 0.15) is 29.0 Å². The monoisotopic (exact) mass is 297 g/mol. The molecule has 21 heavy (non-hydrogen) atoms. The molecule has 1 amide bonds. The topological polar surface area (TPSA) is 20.3 Å². The Morgan fingerprint density at radius 1 is 1.38 bits per heavy atom. The number of amides is 1. The van der Waals surface area contributed by atoms with Gasteiger partial charge in [-0.15, -0.1) is 6.58 Å². The number of benzene rings is 1. The van der Waals surface area contributed by atoms with E-state index < -0.39 is 0 Å². The van der Waals surface area contributed by atoms with E-state index in [2.05, 4.69) is 41.6 Å². The smallest absolute Gasteiger partial charge is 0.230 e. The highest BCUT2D eigenvalue weighted by molar-refractivity contribution is 7.07. The summed E-state index contributed by atoms with van der Waals surface area (Å²) in [6.07, 6.45) is 3.74. The Labute approximate surface area is 129 Å². The van der Waals surface area contributed by atoms with Gasteiger partial charge < -0.3 is 4.90 Å². The van der Waals surface area contributed by atoms with Crippen molar-refractivity contribution in [3.8, 4) is 0 Å². The summed E-state index contributed by atoms with van der Waals surface area (Å²) in [6, 6.07) is 10.4. The van der Waals surface area contributed by atoms with Crippen LogP contribution in [0.5, 0.6) is 0 Å². The highest BCUT2D eigenvalue weighted by Gasteiger charge is 2.31. The summed E-state index contributed by atoms with van der Waals surface area (Å²) in [5.74, 6) is 0.242. The third-order valence-electron chi connectivity index (χ3n) is 4.05. The summed E-state index contributed by atoms with van der Waals surface area (Å²) in [5, 5.41) is 4.16. The van der Waals surface area contributed by atoms with E-state index in [1.165, 1.54) is 16.7 Å². The Kier molecular flexibility index (Phi) is 4.20. The molecule has 1 aromatic carbocycles. The highest BCUT2D eigenvalue weighted by Crippen LogP contribution is 2.34. The molecule has 108 valence electrons. The lowest BCUT2D eigenvalue weighted by Gasteiger charge is -2.24. The number of hydrogen-bond acceptors (Lipinski definition) is 2. The summed E-state index contributed by atoms with van der Waals surface area (Å²) >= 11 is 1.67. The summed E-state index contributed by atoms with van der Waals surface area (Å²) in [6.45, 7) is 5.07. The summed E-state index contributed by atoms with van der Waals surface area (Å²) in [4.78, 5) is 14.8. The van der Waals surface area contributed by atoms with Gasteiger partial charge in [-0.05, 0) is 46.4 Å². The second kappa shape index (κ2) is 6.27. The van der Waals surface area contributed by atoms with Crippen LogP contribution in [0.15, 0.2) is 53.7 Å². The van der Waals surface area contributed by atoms with Crippen molar-refractivity contribution in [2.45, 2.75) is 25.3 Å². The number of carbonyl (C=O) groups excluding carboxylic acids is 1. The lowest BCUT2D eigenvalue weighted by molar-refractivity contribution is -0.132. The van der Waals surface area contributed by atoms with Gasteiger partial charge in [0, 0.05) is 13.1 Å². The Morgan fingerprint density at radius 2 is 2.24 bits per heavy atom. The molecule has 3 rings (SSSR count). The molecule has 3 heteroatoms. The molecule has 0 radical (unpaired) electrons. The maximum atomic E-state index is 12.9. The fourth-order valence-electron chi connectivity index (χ4n) is 3.03. The SMILES string of the molecule is C=CCN(Cc1ccsc1)C(=O)C1CCc2ccccc21. The number of rotatable bonds is 5. The van der Waals surface area contributed by atoms with Crippen LogP contribution >= 0.6 is 11.3 Å². The molecule has 1 unspecified atom stereocenters. The second-order valence-corrected chi connectivity index (χ2v) is 6.21. The average molecular weight is 297 g/mol. The first kappa shape index (κ1) is 14.1. The highest BCUT2D eigenvalue weighted by atomic mass is 32.1. The number of fused-ring (bicyclic) bond motifs is 1. The van der Waals surface area contributed by atoms with Crippen molar-refractivity contribution < 1.29 is 4.79 Å². The first-order valence-corrected chi connectivity index (χ1v) is 8.22. The van der Waals surface area contributed by atoms with Gasteiger partial charge in [0.25, 0.3) is 0 Å². The van der Waals surface area contributed by atoms with Crippen molar-refractivity contribution in [1.82, 2.24) is 4.90 Å². The van der Waals surface area contributed by atoms with Crippen molar-refractivity contribution >= 4 is 17.2 Å². The van der Waals surface area contributed by atoms with E-state index in [1.54, 1.807) is 11.3 Å². The largest absolute Gasteiger partial charge is 0.334 e. The molecule has 2 nitrogen and oxygen atoms in total. The first-order chi connectivity index (χ1) is 10.3. The predicted octanol–water partition coefficient (Wildman–Crippen LogP) is 3.99. The molecule has 1 aliphatic rings. The third kappa shape index (κ3) is 2.93. The van der Waals surface area contributed by atoms with Crippen LogP contribution < -0.4 is 0 Å². The molecule has 0 fully saturated rings. The molecule has 0 aliphatic heterocycles. The van der Waals surface area contributed by atoms with E-state index in [0.717, 1.165) is 12.8 Å². The zero-order valence-electron chi connectivity index (χ0n) is 12.0. The molecule has 1 aliphatic carbocycles. The van der Waals surface area contributed by atoms with Crippen LogP contribution in [0.2, 0.25) is 0 Å². The minimum Gasteiger partial charge on any atom is -0.334 e.